The average Bonchev–Trinajstić information content (AvgIpc) is 3.27. The van der Waals surface area contributed by atoms with Gasteiger partial charge in [-0.1, -0.05) is 11.8 Å². The Balaban J connectivity index is 1.61. The molecule has 0 fully saturated rings. The molecule has 152 valence electrons. The Morgan fingerprint density at radius 3 is 2.83 bits per heavy atom. The minimum absolute atomic E-state index is 0.0840. The molecule has 1 N–H and O–H groups in total. The van der Waals surface area contributed by atoms with Gasteiger partial charge in [0.1, 0.15) is 11.2 Å². The van der Waals surface area contributed by atoms with E-state index in [1.165, 1.54) is 34.8 Å². The van der Waals surface area contributed by atoms with Crippen molar-refractivity contribution in [2.45, 2.75) is 17.6 Å². The molecule has 4 rings (SSSR count). The number of carbonyl (C=O) groups is 1. The molecule has 3 heterocycles. The number of nitrogens with zero attached hydrogens (tertiary/aromatic N) is 5. The molecule has 0 saturated carbocycles. The lowest BCUT2D eigenvalue weighted by Crippen LogP contribution is -2.34. The highest BCUT2D eigenvalue weighted by Gasteiger charge is 2.29. The van der Waals surface area contributed by atoms with Crippen LogP contribution in [-0.2, 0) is 4.79 Å². The lowest BCUT2D eigenvalue weighted by molar-refractivity contribution is -0.121. The molecule has 1 aliphatic rings. The highest BCUT2D eigenvalue weighted by molar-refractivity contribution is 7.99. The quantitative estimate of drug-likeness (QED) is 0.612. The first kappa shape index (κ1) is 19.6. The van der Waals surface area contributed by atoms with Crippen LogP contribution in [0.2, 0.25) is 0 Å². The molecule has 1 atom stereocenters. The van der Waals surface area contributed by atoms with E-state index in [4.69, 9.17) is 0 Å². The summed E-state index contributed by atoms with van der Waals surface area (Å²) in [5, 5.41) is 8.09. The number of rotatable bonds is 6. The number of nitrogens with one attached hydrogen (secondary N) is 1. The molecule has 8 nitrogen and oxygen atoms in total. The van der Waals surface area contributed by atoms with Crippen molar-refractivity contribution in [3.63, 3.8) is 0 Å². The first-order chi connectivity index (χ1) is 13.9. The van der Waals surface area contributed by atoms with Crippen LogP contribution < -0.4 is 10.9 Å². The van der Waals surface area contributed by atoms with Gasteiger partial charge in [-0.2, -0.15) is 5.10 Å². The molecule has 0 radical (unpaired) electrons. The number of thioether (sulfide) groups is 1. The van der Waals surface area contributed by atoms with Crippen molar-refractivity contribution >= 4 is 28.7 Å². The Hall–Kier alpha value is -2.72. The molecule has 1 unspecified atom stereocenters. The van der Waals surface area contributed by atoms with Gasteiger partial charge in [-0.15, -0.1) is 0 Å². The second-order valence-corrected chi connectivity index (χ2v) is 8.15. The topological polar surface area (TPSA) is 85.1 Å². The summed E-state index contributed by atoms with van der Waals surface area (Å²) >= 11 is 1.45. The second kappa shape index (κ2) is 7.96. The number of aromatic nitrogens is 4. The summed E-state index contributed by atoms with van der Waals surface area (Å²) in [7, 11) is 3.89. The SMILES string of the molecule is CN(C)CCNC(=O)CC1CSc2nc3c(cnn3-c3ccc(F)cc3)c(=O)n21. The molecule has 0 saturated heterocycles. The maximum atomic E-state index is 13.2. The summed E-state index contributed by atoms with van der Waals surface area (Å²) in [4.78, 5) is 31.9. The van der Waals surface area contributed by atoms with Gasteiger partial charge in [0.15, 0.2) is 10.8 Å². The molecule has 10 heteroatoms. The van der Waals surface area contributed by atoms with E-state index in [9.17, 15) is 14.0 Å². The standard InChI is InChI=1S/C19H21FN6O2S/c1-24(2)8-7-21-16(27)9-14-11-29-19-23-17-15(18(28)25(14)19)10-22-26(17)13-5-3-12(20)4-6-13/h3-6,10,14H,7-9,11H2,1-2H3,(H,21,27). The second-order valence-electron chi connectivity index (χ2n) is 7.16. The van der Waals surface area contributed by atoms with Crippen molar-refractivity contribution in [3.05, 3.63) is 46.6 Å². The first-order valence-electron chi connectivity index (χ1n) is 9.24. The Kier molecular flexibility index (Phi) is 5.37. The smallest absolute Gasteiger partial charge is 0.265 e. The van der Waals surface area contributed by atoms with Crippen LogP contribution in [0.3, 0.4) is 0 Å². The first-order valence-corrected chi connectivity index (χ1v) is 10.2. The number of likely N-dealkylation sites (N-methyl/N-ethyl adjacent to an activating group) is 1. The summed E-state index contributed by atoms with van der Waals surface area (Å²) in [6.07, 6.45) is 1.70. The third-order valence-electron chi connectivity index (χ3n) is 4.74. The van der Waals surface area contributed by atoms with E-state index >= 15 is 0 Å². The van der Waals surface area contributed by atoms with E-state index < -0.39 is 0 Å². The molecule has 1 aromatic carbocycles. The summed E-state index contributed by atoms with van der Waals surface area (Å²) < 4.78 is 16.3. The van der Waals surface area contributed by atoms with Crippen molar-refractivity contribution < 1.29 is 9.18 Å². The molecule has 0 aliphatic carbocycles. The van der Waals surface area contributed by atoms with Crippen molar-refractivity contribution in [3.8, 4) is 5.69 Å². The molecule has 0 spiro atoms. The van der Waals surface area contributed by atoms with Crippen LogP contribution in [0.4, 0.5) is 4.39 Å². The molecule has 1 aliphatic heterocycles. The number of benzene rings is 1. The Labute approximate surface area is 170 Å². The van der Waals surface area contributed by atoms with Crippen molar-refractivity contribution in [1.82, 2.24) is 29.5 Å². The van der Waals surface area contributed by atoms with E-state index in [0.717, 1.165) is 6.54 Å². The third-order valence-corrected chi connectivity index (χ3v) is 5.84. The fourth-order valence-corrected chi connectivity index (χ4v) is 4.39. The number of fused-ring (bicyclic) bond motifs is 2. The normalized spacial score (nSPS) is 15.8. The Morgan fingerprint density at radius 1 is 1.34 bits per heavy atom. The number of hydrogen-bond donors (Lipinski definition) is 1. The van der Waals surface area contributed by atoms with Gasteiger partial charge in [0.25, 0.3) is 5.56 Å². The zero-order valence-corrected chi connectivity index (χ0v) is 16.9. The average molecular weight is 416 g/mol. The number of hydrogen-bond acceptors (Lipinski definition) is 6. The van der Waals surface area contributed by atoms with Gasteiger partial charge in [-0.3, -0.25) is 14.2 Å². The van der Waals surface area contributed by atoms with Gasteiger partial charge in [0, 0.05) is 25.3 Å². The molecule has 0 bridgehead atoms. The maximum absolute atomic E-state index is 13.2. The molecule has 3 aromatic rings. The minimum Gasteiger partial charge on any atom is -0.355 e. The number of halogens is 1. The van der Waals surface area contributed by atoms with E-state index in [-0.39, 0.29) is 29.7 Å². The number of carbonyl (C=O) groups excluding carboxylic acids is 1. The van der Waals surface area contributed by atoms with Gasteiger partial charge < -0.3 is 10.2 Å². The van der Waals surface area contributed by atoms with E-state index in [2.05, 4.69) is 15.4 Å². The summed E-state index contributed by atoms with van der Waals surface area (Å²) in [5.41, 5.74) is 0.837. The van der Waals surface area contributed by atoms with E-state index in [1.807, 2.05) is 19.0 Å². The van der Waals surface area contributed by atoms with Crippen LogP contribution in [0, 0.1) is 5.82 Å². The highest BCUT2D eigenvalue weighted by atomic mass is 32.2. The number of amides is 1. The lowest BCUT2D eigenvalue weighted by Gasteiger charge is -2.14. The van der Waals surface area contributed by atoms with Crippen molar-refractivity contribution in [2.24, 2.45) is 0 Å². The van der Waals surface area contributed by atoms with E-state index in [0.29, 0.717) is 34.2 Å². The molecular weight excluding hydrogens is 395 g/mol. The summed E-state index contributed by atoms with van der Waals surface area (Å²) in [6, 6.07) is 5.60. The van der Waals surface area contributed by atoms with Crippen LogP contribution in [0.5, 0.6) is 0 Å². The minimum atomic E-state index is -0.346. The fraction of sp³-hybridized carbons (Fsp3) is 0.368. The van der Waals surface area contributed by atoms with Gasteiger partial charge in [-0.05, 0) is 38.4 Å². The third kappa shape index (κ3) is 3.90. The van der Waals surface area contributed by atoms with Crippen LogP contribution in [0.15, 0.2) is 40.4 Å². The largest absolute Gasteiger partial charge is 0.355 e. The van der Waals surface area contributed by atoms with Crippen molar-refractivity contribution in [2.75, 3.05) is 32.9 Å². The van der Waals surface area contributed by atoms with E-state index in [1.54, 1.807) is 16.7 Å². The zero-order valence-electron chi connectivity index (χ0n) is 16.1. The predicted octanol–water partition coefficient (Wildman–Crippen LogP) is 1.44. The van der Waals surface area contributed by atoms with Gasteiger partial charge in [0.05, 0.1) is 17.9 Å². The monoisotopic (exact) mass is 416 g/mol. The summed E-state index contributed by atoms with van der Waals surface area (Å²) in [6.45, 7) is 1.32. The molecule has 29 heavy (non-hydrogen) atoms. The fourth-order valence-electron chi connectivity index (χ4n) is 3.26. The lowest BCUT2D eigenvalue weighted by atomic mass is 10.2. The summed E-state index contributed by atoms with van der Waals surface area (Å²) in [5.74, 6) is 0.181. The highest BCUT2D eigenvalue weighted by Crippen LogP contribution is 2.33. The van der Waals surface area contributed by atoms with Gasteiger partial charge >= 0.3 is 0 Å². The van der Waals surface area contributed by atoms with Crippen molar-refractivity contribution in [1.29, 1.82) is 0 Å². The van der Waals surface area contributed by atoms with Crippen LogP contribution in [0.1, 0.15) is 12.5 Å². The molecule has 2 aromatic heterocycles. The van der Waals surface area contributed by atoms with Gasteiger partial charge in [-0.25, -0.2) is 14.1 Å². The molecular formula is C19H21FN6O2S. The molecule has 1 amide bonds. The van der Waals surface area contributed by atoms with Crippen LogP contribution in [0.25, 0.3) is 16.7 Å². The van der Waals surface area contributed by atoms with Crippen LogP contribution >= 0.6 is 11.8 Å². The van der Waals surface area contributed by atoms with Crippen LogP contribution in [-0.4, -0.2) is 63.1 Å². The Morgan fingerprint density at radius 2 is 2.10 bits per heavy atom. The maximum Gasteiger partial charge on any atom is 0.265 e. The van der Waals surface area contributed by atoms with Gasteiger partial charge in [0.2, 0.25) is 5.91 Å². The zero-order chi connectivity index (χ0) is 20.5. The Bertz CT molecular complexity index is 1110. The predicted molar refractivity (Wildman–Crippen MR) is 109 cm³/mol.